The van der Waals surface area contributed by atoms with Gasteiger partial charge in [0.15, 0.2) is 0 Å². The van der Waals surface area contributed by atoms with Crippen molar-refractivity contribution in [3.63, 3.8) is 0 Å². The molecule has 2 unspecified atom stereocenters. The molecule has 27 heavy (non-hydrogen) atoms. The molecule has 0 spiro atoms. The second kappa shape index (κ2) is 8.37. The molecule has 1 fully saturated rings. The molecule has 0 aliphatic carbocycles. The molecule has 0 bridgehead atoms. The first-order chi connectivity index (χ1) is 13.0. The lowest BCUT2D eigenvalue weighted by Crippen LogP contribution is -2.44. The predicted molar refractivity (Wildman–Crippen MR) is 105 cm³/mol. The fraction of sp³-hybridized carbons (Fsp3) is 0.476. The molecule has 0 N–H and O–H groups in total. The van der Waals surface area contributed by atoms with Crippen molar-refractivity contribution in [1.82, 2.24) is 14.7 Å². The van der Waals surface area contributed by atoms with Crippen molar-refractivity contribution in [3.05, 3.63) is 46.8 Å². The number of likely N-dealkylation sites (tertiary alicyclic amines) is 1. The Morgan fingerprint density at radius 2 is 2.00 bits per heavy atom. The van der Waals surface area contributed by atoms with E-state index in [1.54, 1.807) is 13.0 Å². The minimum absolute atomic E-state index is 0.0417. The fourth-order valence-corrected chi connectivity index (χ4v) is 3.50. The van der Waals surface area contributed by atoms with Crippen LogP contribution in [0.25, 0.3) is 11.3 Å². The van der Waals surface area contributed by atoms with Crippen LogP contribution in [0.4, 0.5) is 0 Å². The Hall–Kier alpha value is -2.63. The summed E-state index contributed by atoms with van der Waals surface area (Å²) < 4.78 is 6.76. The number of carbonyl (C=O) groups excluding carboxylic acids is 1. The molecule has 1 aliphatic rings. The van der Waals surface area contributed by atoms with Gasteiger partial charge in [-0.25, -0.2) is 4.68 Å². The third-order valence-corrected chi connectivity index (χ3v) is 4.98. The maximum absolute atomic E-state index is 12.9. The van der Waals surface area contributed by atoms with Crippen LogP contribution < -0.4 is 10.3 Å². The van der Waals surface area contributed by atoms with Gasteiger partial charge in [-0.1, -0.05) is 6.92 Å². The highest BCUT2D eigenvalue weighted by atomic mass is 16.5. The van der Waals surface area contributed by atoms with E-state index in [1.807, 2.05) is 36.1 Å². The monoisotopic (exact) mass is 369 g/mol. The van der Waals surface area contributed by atoms with E-state index in [4.69, 9.17) is 4.74 Å². The third kappa shape index (κ3) is 4.38. The number of nitrogens with zero attached hydrogens (tertiary/aromatic N) is 3. The lowest BCUT2D eigenvalue weighted by Gasteiger charge is -2.32. The van der Waals surface area contributed by atoms with E-state index in [1.165, 1.54) is 10.7 Å². The number of aromatic nitrogens is 2. The first-order valence-corrected chi connectivity index (χ1v) is 9.61. The average Bonchev–Trinajstić information content (AvgIpc) is 2.68. The van der Waals surface area contributed by atoms with Crippen molar-refractivity contribution in [2.45, 2.75) is 39.7 Å². The highest BCUT2D eigenvalue weighted by molar-refractivity contribution is 5.80. The molecule has 0 saturated carbocycles. The number of piperidine rings is 1. The molecule has 2 heterocycles. The van der Waals surface area contributed by atoms with Crippen molar-refractivity contribution in [2.24, 2.45) is 5.92 Å². The Labute approximate surface area is 159 Å². The predicted octanol–water partition coefficient (Wildman–Crippen LogP) is 3.13. The summed E-state index contributed by atoms with van der Waals surface area (Å²) in [5, 5.41) is 4.47. The summed E-state index contributed by atoms with van der Waals surface area (Å²) in [5.41, 5.74) is 1.26. The summed E-state index contributed by atoms with van der Waals surface area (Å²) in [7, 11) is 0. The van der Waals surface area contributed by atoms with Crippen molar-refractivity contribution < 1.29 is 9.53 Å². The minimum atomic E-state index is -0.620. The second-order valence-electron chi connectivity index (χ2n) is 7.17. The minimum Gasteiger partial charge on any atom is -0.494 e. The summed E-state index contributed by atoms with van der Waals surface area (Å²) in [5.74, 6) is 1.24. The number of hydrogen-bond donors (Lipinski definition) is 0. The molecule has 0 radical (unpaired) electrons. The van der Waals surface area contributed by atoms with Crippen LogP contribution in [0.2, 0.25) is 0 Å². The molecule has 1 aliphatic heterocycles. The first kappa shape index (κ1) is 19.1. The molecule has 2 atom stereocenters. The quantitative estimate of drug-likeness (QED) is 0.812. The Balaban J connectivity index is 1.84. The zero-order chi connectivity index (χ0) is 19.4. The van der Waals surface area contributed by atoms with E-state index in [0.29, 0.717) is 18.2 Å². The van der Waals surface area contributed by atoms with Gasteiger partial charge in [-0.2, -0.15) is 5.10 Å². The average molecular weight is 369 g/mol. The molecule has 1 saturated heterocycles. The fourth-order valence-electron chi connectivity index (χ4n) is 3.50. The Kier molecular flexibility index (Phi) is 5.94. The van der Waals surface area contributed by atoms with Crippen molar-refractivity contribution in [3.8, 4) is 17.0 Å². The van der Waals surface area contributed by atoms with Gasteiger partial charge < -0.3 is 9.64 Å². The maximum Gasteiger partial charge on any atom is 0.267 e. The molecule has 2 aromatic rings. The van der Waals surface area contributed by atoms with E-state index in [0.717, 1.165) is 37.2 Å². The van der Waals surface area contributed by atoms with Crippen LogP contribution in [0.3, 0.4) is 0 Å². The number of benzene rings is 1. The van der Waals surface area contributed by atoms with Gasteiger partial charge in [-0.05, 0) is 62.9 Å². The van der Waals surface area contributed by atoms with Crippen molar-refractivity contribution >= 4 is 5.91 Å². The van der Waals surface area contributed by atoms with E-state index in [9.17, 15) is 9.59 Å². The zero-order valence-electron chi connectivity index (χ0n) is 16.2. The van der Waals surface area contributed by atoms with E-state index in [2.05, 4.69) is 12.0 Å². The van der Waals surface area contributed by atoms with Crippen LogP contribution in [-0.2, 0) is 4.79 Å². The van der Waals surface area contributed by atoms with Crippen LogP contribution in [-0.4, -0.2) is 40.3 Å². The SMILES string of the molecule is CCOc1ccc(-c2ccc(=O)n(C(C)C(=O)N3CCCC(C)C3)n2)cc1. The molecule has 3 rings (SSSR count). The number of rotatable bonds is 5. The molecular weight excluding hydrogens is 342 g/mol. The van der Waals surface area contributed by atoms with Gasteiger partial charge in [0.1, 0.15) is 11.8 Å². The highest BCUT2D eigenvalue weighted by Crippen LogP contribution is 2.22. The largest absolute Gasteiger partial charge is 0.494 e. The Bertz CT molecular complexity index is 844. The van der Waals surface area contributed by atoms with E-state index < -0.39 is 6.04 Å². The van der Waals surface area contributed by atoms with Crippen LogP contribution in [0.1, 0.15) is 39.7 Å². The van der Waals surface area contributed by atoms with Crippen LogP contribution in [0, 0.1) is 5.92 Å². The Morgan fingerprint density at radius 3 is 2.67 bits per heavy atom. The van der Waals surface area contributed by atoms with Gasteiger partial charge in [0.25, 0.3) is 5.56 Å². The summed E-state index contributed by atoms with van der Waals surface area (Å²) in [6.45, 7) is 7.94. The normalized spacial score (nSPS) is 18.2. The second-order valence-corrected chi connectivity index (χ2v) is 7.17. The summed E-state index contributed by atoms with van der Waals surface area (Å²) in [6.07, 6.45) is 2.15. The van der Waals surface area contributed by atoms with E-state index >= 15 is 0 Å². The molecule has 1 amide bonds. The van der Waals surface area contributed by atoms with Gasteiger partial charge in [0.05, 0.1) is 12.3 Å². The van der Waals surface area contributed by atoms with Gasteiger partial charge in [0.2, 0.25) is 5.91 Å². The van der Waals surface area contributed by atoms with E-state index in [-0.39, 0.29) is 11.5 Å². The summed E-state index contributed by atoms with van der Waals surface area (Å²) in [6, 6.07) is 10.1. The summed E-state index contributed by atoms with van der Waals surface area (Å²) >= 11 is 0. The number of amides is 1. The highest BCUT2D eigenvalue weighted by Gasteiger charge is 2.27. The lowest BCUT2D eigenvalue weighted by molar-refractivity contribution is -0.136. The van der Waals surface area contributed by atoms with Crippen LogP contribution >= 0.6 is 0 Å². The van der Waals surface area contributed by atoms with Crippen molar-refractivity contribution in [2.75, 3.05) is 19.7 Å². The summed E-state index contributed by atoms with van der Waals surface area (Å²) in [4.78, 5) is 27.1. The first-order valence-electron chi connectivity index (χ1n) is 9.61. The zero-order valence-corrected chi connectivity index (χ0v) is 16.2. The smallest absolute Gasteiger partial charge is 0.267 e. The molecule has 1 aromatic carbocycles. The number of ether oxygens (including phenoxy) is 1. The van der Waals surface area contributed by atoms with Gasteiger partial charge >= 0.3 is 0 Å². The van der Waals surface area contributed by atoms with Crippen LogP contribution in [0.5, 0.6) is 5.75 Å². The molecule has 6 nitrogen and oxygen atoms in total. The van der Waals surface area contributed by atoms with Crippen LogP contribution in [0.15, 0.2) is 41.2 Å². The molecule has 1 aromatic heterocycles. The number of hydrogen-bond acceptors (Lipinski definition) is 4. The third-order valence-electron chi connectivity index (χ3n) is 4.98. The maximum atomic E-state index is 12.9. The number of carbonyl (C=O) groups is 1. The van der Waals surface area contributed by atoms with Gasteiger partial charge in [-0.15, -0.1) is 0 Å². The topological polar surface area (TPSA) is 64.4 Å². The molecule has 144 valence electrons. The van der Waals surface area contributed by atoms with Crippen molar-refractivity contribution in [1.29, 1.82) is 0 Å². The standard InChI is InChI=1S/C21H27N3O3/c1-4-27-18-9-7-17(8-10-18)19-11-12-20(25)24(22-19)16(3)21(26)23-13-5-6-15(2)14-23/h7-12,15-16H,4-6,13-14H2,1-3H3. The Morgan fingerprint density at radius 1 is 1.26 bits per heavy atom. The molecule has 6 heteroatoms. The van der Waals surface area contributed by atoms with Gasteiger partial charge in [0, 0.05) is 24.7 Å². The van der Waals surface area contributed by atoms with Gasteiger partial charge in [-0.3, -0.25) is 9.59 Å². The molecular formula is C21H27N3O3. The lowest BCUT2D eigenvalue weighted by atomic mass is 10.00.